The first-order chi connectivity index (χ1) is 9.33. The van der Waals surface area contributed by atoms with Crippen LogP contribution in [0, 0.1) is 5.41 Å². The Kier molecular flexibility index (Phi) is 5.63. The number of alkyl halides is 3. The molecule has 0 aliphatic heterocycles. The van der Waals surface area contributed by atoms with Gasteiger partial charge >= 0.3 is 6.18 Å². The maximum Gasteiger partial charge on any atom is 0.411 e. The third-order valence-corrected chi connectivity index (χ3v) is 2.12. The minimum Gasteiger partial charge on any atom is -0.490 e. The lowest BCUT2D eigenvalue weighted by atomic mass is 10.2. The van der Waals surface area contributed by atoms with Crippen LogP contribution in [0.2, 0.25) is 0 Å². The first-order valence-corrected chi connectivity index (χ1v) is 5.72. The number of halogens is 3. The molecular weight excluding hydrogens is 277 g/mol. The smallest absolute Gasteiger partial charge is 0.411 e. The predicted octanol–water partition coefficient (Wildman–Crippen LogP) is 2.28. The summed E-state index contributed by atoms with van der Waals surface area (Å²) in [6.45, 7) is 0.132. The van der Waals surface area contributed by atoms with Gasteiger partial charge < -0.3 is 19.9 Å². The van der Waals surface area contributed by atoms with Crippen molar-refractivity contribution in [2.75, 3.05) is 20.0 Å². The van der Waals surface area contributed by atoms with Crippen molar-refractivity contribution < 1.29 is 27.4 Å². The molecule has 20 heavy (non-hydrogen) atoms. The molecule has 5 nitrogen and oxygen atoms in total. The van der Waals surface area contributed by atoms with Gasteiger partial charge in [0.1, 0.15) is 12.4 Å². The van der Waals surface area contributed by atoms with Gasteiger partial charge in [-0.3, -0.25) is 5.41 Å². The zero-order valence-corrected chi connectivity index (χ0v) is 10.8. The van der Waals surface area contributed by atoms with E-state index in [0.29, 0.717) is 12.2 Å². The van der Waals surface area contributed by atoms with E-state index in [1.165, 1.54) is 18.2 Å². The lowest BCUT2D eigenvalue weighted by Crippen LogP contribution is -2.19. The highest BCUT2D eigenvalue weighted by Gasteiger charge is 2.27. The SMILES string of the molecule is CCOc1cc(C(=N)N)ccc1OCOCC(F)(F)F. The van der Waals surface area contributed by atoms with Gasteiger partial charge in [0.05, 0.1) is 6.61 Å². The van der Waals surface area contributed by atoms with Crippen molar-refractivity contribution in [2.45, 2.75) is 13.1 Å². The molecule has 8 heteroatoms. The van der Waals surface area contributed by atoms with E-state index in [0.717, 1.165) is 0 Å². The standard InChI is InChI=1S/C12H15F3N2O3/c1-2-19-10-5-8(11(16)17)3-4-9(10)20-7-18-6-12(13,14)15/h3-5H,2,6-7H2,1H3,(H3,16,17). The average molecular weight is 292 g/mol. The van der Waals surface area contributed by atoms with Crippen molar-refractivity contribution in [1.29, 1.82) is 5.41 Å². The highest BCUT2D eigenvalue weighted by Crippen LogP contribution is 2.28. The lowest BCUT2D eigenvalue weighted by Gasteiger charge is -2.13. The summed E-state index contributed by atoms with van der Waals surface area (Å²) in [6.07, 6.45) is -4.40. The third kappa shape index (κ3) is 5.35. The van der Waals surface area contributed by atoms with E-state index in [1.807, 2.05) is 0 Å². The molecule has 0 bridgehead atoms. The second kappa shape index (κ2) is 6.99. The summed E-state index contributed by atoms with van der Waals surface area (Å²) in [5.74, 6) is 0.362. The Morgan fingerprint density at radius 3 is 2.50 bits per heavy atom. The maximum absolute atomic E-state index is 11.9. The fourth-order valence-electron chi connectivity index (χ4n) is 1.33. The molecule has 1 aromatic rings. The highest BCUT2D eigenvalue weighted by molar-refractivity contribution is 5.95. The molecule has 0 spiro atoms. The second-order valence-electron chi connectivity index (χ2n) is 3.73. The molecule has 0 fully saturated rings. The predicted molar refractivity (Wildman–Crippen MR) is 66.1 cm³/mol. The summed E-state index contributed by atoms with van der Waals surface area (Å²) in [5.41, 5.74) is 5.76. The molecule has 0 atom stereocenters. The van der Waals surface area contributed by atoms with E-state index < -0.39 is 19.6 Å². The maximum atomic E-state index is 11.9. The Morgan fingerprint density at radius 2 is 1.95 bits per heavy atom. The molecular formula is C12H15F3N2O3. The van der Waals surface area contributed by atoms with Crippen molar-refractivity contribution in [3.05, 3.63) is 23.8 Å². The quantitative estimate of drug-likeness (QED) is 0.350. The van der Waals surface area contributed by atoms with Gasteiger partial charge in [-0.05, 0) is 25.1 Å². The average Bonchev–Trinajstić information content (AvgIpc) is 2.35. The monoisotopic (exact) mass is 292 g/mol. The first-order valence-electron chi connectivity index (χ1n) is 5.72. The summed E-state index contributed by atoms with van der Waals surface area (Å²) in [4.78, 5) is 0. The normalized spacial score (nSPS) is 11.2. The van der Waals surface area contributed by atoms with E-state index in [4.69, 9.17) is 20.6 Å². The van der Waals surface area contributed by atoms with E-state index in [-0.39, 0.29) is 17.3 Å². The summed E-state index contributed by atoms with van der Waals surface area (Å²) in [5, 5.41) is 7.30. The number of amidine groups is 1. The molecule has 112 valence electrons. The van der Waals surface area contributed by atoms with Gasteiger partial charge in [-0.15, -0.1) is 0 Å². The van der Waals surface area contributed by atoms with Crippen molar-refractivity contribution in [3.8, 4) is 11.5 Å². The molecule has 0 aromatic heterocycles. The summed E-state index contributed by atoms with van der Waals surface area (Å²) in [6, 6.07) is 4.44. The number of hydrogen-bond acceptors (Lipinski definition) is 4. The number of nitrogen functional groups attached to an aromatic ring is 1. The molecule has 1 aromatic carbocycles. The van der Waals surface area contributed by atoms with Crippen LogP contribution in [-0.2, 0) is 4.74 Å². The van der Waals surface area contributed by atoms with Crippen molar-refractivity contribution >= 4 is 5.84 Å². The lowest BCUT2D eigenvalue weighted by molar-refractivity contribution is -0.186. The van der Waals surface area contributed by atoms with Crippen LogP contribution in [0.3, 0.4) is 0 Å². The third-order valence-electron chi connectivity index (χ3n) is 2.12. The zero-order valence-electron chi connectivity index (χ0n) is 10.8. The van der Waals surface area contributed by atoms with Crippen LogP contribution in [0.1, 0.15) is 12.5 Å². The molecule has 0 heterocycles. The van der Waals surface area contributed by atoms with E-state index >= 15 is 0 Å². The number of hydrogen-bond donors (Lipinski definition) is 2. The Bertz CT molecular complexity index is 464. The van der Waals surface area contributed by atoms with Crippen LogP contribution < -0.4 is 15.2 Å². The molecule has 0 radical (unpaired) electrons. The van der Waals surface area contributed by atoms with Crippen LogP contribution in [0.25, 0.3) is 0 Å². The number of ether oxygens (including phenoxy) is 3. The van der Waals surface area contributed by atoms with Gasteiger partial charge in [0, 0.05) is 5.56 Å². The Morgan fingerprint density at radius 1 is 1.25 bits per heavy atom. The molecule has 0 saturated heterocycles. The fourth-order valence-corrected chi connectivity index (χ4v) is 1.33. The van der Waals surface area contributed by atoms with Crippen LogP contribution >= 0.6 is 0 Å². The number of benzene rings is 1. The fraction of sp³-hybridized carbons (Fsp3) is 0.417. The topological polar surface area (TPSA) is 77.6 Å². The summed E-state index contributed by atoms with van der Waals surface area (Å²) >= 11 is 0. The van der Waals surface area contributed by atoms with E-state index in [2.05, 4.69) is 4.74 Å². The minimum atomic E-state index is -4.40. The Labute approximate surface area is 113 Å². The number of nitrogens with one attached hydrogen (secondary N) is 1. The van der Waals surface area contributed by atoms with E-state index in [9.17, 15) is 13.2 Å². The van der Waals surface area contributed by atoms with Crippen LogP contribution in [0.15, 0.2) is 18.2 Å². The minimum absolute atomic E-state index is 0.147. The van der Waals surface area contributed by atoms with Crippen LogP contribution in [0.5, 0.6) is 11.5 Å². The van der Waals surface area contributed by atoms with Crippen molar-refractivity contribution in [1.82, 2.24) is 0 Å². The molecule has 1 rings (SSSR count). The second-order valence-corrected chi connectivity index (χ2v) is 3.73. The summed E-state index contributed by atoms with van der Waals surface area (Å²) < 4.78 is 50.3. The summed E-state index contributed by atoms with van der Waals surface area (Å²) in [7, 11) is 0. The van der Waals surface area contributed by atoms with Gasteiger partial charge in [-0.25, -0.2) is 0 Å². The number of rotatable bonds is 7. The first kappa shape index (κ1) is 16.1. The van der Waals surface area contributed by atoms with Crippen molar-refractivity contribution in [2.24, 2.45) is 5.73 Å². The van der Waals surface area contributed by atoms with Crippen LogP contribution in [0.4, 0.5) is 13.2 Å². The molecule has 0 saturated carbocycles. The molecule has 0 aliphatic rings. The largest absolute Gasteiger partial charge is 0.490 e. The molecule has 0 amide bonds. The Balaban J connectivity index is 2.66. The Hall–Kier alpha value is -1.96. The number of nitrogens with two attached hydrogens (primary N) is 1. The van der Waals surface area contributed by atoms with Gasteiger partial charge in [0.25, 0.3) is 0 Å². The highest BCUT2D eigenvalue weighted by atomic mass is 19.4. The molecule has 0 aliphatic carbocycles. The van der Waals surface area contributed by atoms with Gasteiger partial charge in [0.2, 0.25) is 0 Å². The van der Waals surface area contributed by atoms with Crippen molar-refractivity contribution in [3.63, 3.8) is 0 Å². The molecule has 3 N–H and O–H groups in total. The molecule has 0 unspecified atom stereocenters. The van der Waals surface area contributed by atoms with Gasteiger partial charge in [0.15, 0.2) is 18.3 Å². The van der Waals surface area contributed by atoms with Gasteiger partial charge in [-0.2, -0.15) is 13.2 Å². The zero-order chi connectivity index (χ0) is 15.2. The van der Waals surface area contributed by atoms with E-state index in [1.54, 1.807) is 6.92 Å². The van der Waals surface area contributed by atoms with Gasteiger partial charge in [-0.1, -0.05) is 0 Å². The van der Waals surface area contributed by atoms with Crippen LogP contribution in [-0.4, -0.2) is 32.0 Å².